The lowest BCUT2D eigenvalue weighted by molar-refractivity contribution is -0.130. The number of carbonyl (C=O) groups excluding carboxylic acids is 1. The predicted octanol–water partition coefficient (Wildman–Crippen LogP) is 4.14. The quantitative estimate of drug-likeness (QED) is 0.787. The van der Waals surface area contributed by atoms with Gasteiger partial charge in [0.1, 0.15) is 0 Å². The summed E-state index contributed by atoms with van der Waals surface area (Å²) in [7, 11) is 0. The molecule has 0 aromatic rings. The van der Waals surface area contributed by atoms with Crippen molar-refractivity contribution in [2.75, 3.05) is 0 Å². The number of carbonyl (C=O) groups is 1. The van der Waals surface area contributed by atoms with Crippen LogP contribution < -0.4 is 5.32 Å². The lowest BCUT2D eigenvalue weighted by Gasteiger charge is -2.40. The molecule has 18 heavy (non-hydrogen) atoms. The third kappa shape index (κ3) is 4.29. The van der Waals surface area contributed by atoms with Crippen molar-refractivity contribution in [2.45, 2.75) is 79.7 Å². The third-order valence-electron chi connectivity index (χ3n) is 4.02. The summed E-state index contributed by atoms with van der Waals surface area (Å²) in [6, 6.07) is 0.310. The van der Waals surface area contributed by atoms with Crippen LogP contribution in [0.2, 0.25) is 0 Å². The van der Waals surface area contributed by atoms with Gasteiger partial charge in [0, 0.05) is 11.5 Å². The summed E-state index contributed by atoms with van der Waals surface area (Å²) in [5, 5.41) is 3.33. The number of nitrogens with one attached hydrogen (secondary N) is 1. The van der Waals surface area contributed by atoms with Gasteiger partial charge in [0.15, 0.2) is 0 Å². The molecule has 1 atom stereocenters. The van der Waals surface area contributed by atoms with Crippen molar-refractivity contribution in [1.29, 1.82) is 0 Å². The summed E-state index contributed by atoms with van der Waals surface area (Å²) in [5.41, 5.74) is -0.152. The Labute approximate surface area is 113 Å². The summed E-state index contributed by atoms with van der Waals surface area (Å²) >= 11 is 0. The Morgan fingerprint density at radius 1 is 1.00 bits per heavy atom. The largest absolute Gasteiger partial charge is 0.352 e. The molecule has 0 aromatic heterocycles. The standard InChI is InChI=1S/C16H31NO/c1-15(2,3)13(12-10-8-7-9-11-12)17-14(18)16(4,5)6/h12-13H,7-11H2,1-6H3,(H,17,18). The summed E-state index contributed by atoms with van der Waals surface area (Å²) in [6.45, 7) is 12.7. The van der Waals surface area contributed by atoms with E-state index >= 15 is 0 Å². The second-order valence-corrected chi connectivity index (χ2v) is 7.97. The molecule has 0 aliphatic heterocycles. The minimum atomic E-state index is -0.293. The van der Waals surface area contributed by atoms with Gasteiger partial charge < -0.3 is 5.32 Å². The van der Waals surface area contributed by atoms with Gasteiger partial charge in [-0.1, -0.05) is 60.8 Å². The number of hydrogen-bond acceptors (Lipinski definition) is 1. The smallest absolute Gasteiger partial charge is 0.225 e. The van der Waals surface area contributed by atoms with Crippen LogP contribution in [0.15, 0.2) is 0 Å². The number of rotatable bonds is 2. The minimum Gasteiger partial charge on any atom is -0.352 e. The Bertz CT molecular complexity index is 276. The first-order chi connectivity index (χ1) is 8.12. The molecule has 1 unspecified atom stereocenters. The van der Waals surface area contributed by atoms with Gasteiger partial charge in [-0.25, -0.2) is 0 Å². The SMILES string of the molecule is CC(C)(C)C(=O)NC(C1CCCCC1)C(C)(C)C. The molecule has 1 amide bonds. The lowest BCUT2D eigenvalue weighted by atomic mass is 9.72. The van der Waals surface area contributed by atoms with Crippen LogP contribution in [0, 0.1) is 16.7 Å². The fourth-order valence-electron chi connectivity index (χ4n) is 2.87. The van der Waals surface area contributed by atoms with E-state index in [2.05, 4.69) is 26.1 Å². The van der Waals surface area contributed by atoms with E-state index in [4.69, 9.17) is 0 Å². The Morgan fingerprint density at radius 2 is 1.50 bits per heavy atom. The van der Waals surface area contributed by atoms with Crippen molar-refractivity contribution in [2.24, 2.45) is 16.7 Å². The van der Waals surface area contributed by atoms with Crippen LogP contribution in [0.3, 0.4) is 0 Å². The highest BCUT2D eigenvalue weighted by Gasteiger charge is 2.36. The van der Waals surface area contributed by atoms with E-state index in [-0.39, 0.29) is 16.7 Å². The molecule has 1 rings (SSSR count). The van der Waals surface area contributed by atoms with Crippen molar-refractivity contribution in [1.82, 2.24) is 5.32 Å². The van der Waals surface area contributed by atoms with Crippen LogP contribution in [-0.4, -0.2) is 11.9 Å². The van der Waals surface area contributed by atoms with Gasteiger partial charge in [0.2, 0.25) is 5.91 Å². The number of hydrogen-bond donors (Lipinski definition) is 1. The molecule has 1 aliphatic rings. The van der Waals surface area contributed by atoms with Crippen LogP contribution in [-0.2, 0) is 4.79 Å². The fourth-order valence-corrected chi connectivity index (χ4v) is 2.87. The molecule has 2 nitrogen and oxygen atoms in total. The van der Waals surface area contributed by atoms with Gasteiger partial charge in [-0.2, -0.15) is 0 Å². The fraction of sp³-hybridized carbons (Fsp3) is 0.938. The maximum Gasteiger partial charge on any atom is 0.225 e. The molecule has 0 heterocycles. The zero-order valence-corrected chi connectivity index (χ0v) is 13.1. The molecule has 0 saturated heterocycles. The highest BCUT2D eigenvalue weighted by atomic mass is 16.2. The van der Waals surface area contributed by atoms with Crippen molar-refractivity contribution in [3.8, 4) is 0 Å². The molecule has 106 valence electrons. The molecule has 1 aliphatic carbocycles. The maximum absolute atomic E-state index is 12.3. The van der Waals surface area contributed by atoms with Crippen molar-refractivity contribution in [3.05, 3.63) is 0 Å². The Morgan fingerprint density at radius 3 is 1.89 bits per heavy atom. The monoisotopic (exact) mass is 253 g/mol. The summed E-state index contributed by atoms with van der Waals surface area (Å²) in [6.07, 6.45) is 6.55. The Balaban J connectivity index is 2.76. The first-order valence-corrected chi connectivity index (χ1v) is 7.43. The molecule has 0 bridgehead atoms. The van der Waals surface area contributed by atoms with Gasteiger partial charge in [0.05, 0.1) is 0 Å². The zero-order chi connectivity index (χ0) is 14.0. The average molecular weight is 253 g/mol. The average Bonchev–Trinajstić information content (AvgIpc) is 2.23. The Hall–Kier alpha value is -0.530. The molecule has 1 N–H and O–H groups in total. The van der Waals surface area contributed by atoms with Gasteiger partial charge in [-0.15, -0.1) is 0 Å². The zero-order valence-electron chi connectivity index (χ0n) is 13.1. The van der Waals surface area contributed by atoms with E-state index in [9.17, 15) is 4.79 Å². The van der Waals surface area contributed by atoms with E-state index in [0.29, 0.717) is 12.0 Å². The first kappa shape index (κ1) is 15.5. The molecule has 0 aromatic carbocycles. The second-order valence-electron chi connectivity index (χ2n) is 7.97. The van der Waals surface area contributed by atoms with E-state index in [1.807, 2.05) is 20.8 Å². The van der Waals surface area contributed by atoms with E-state index < -0.39 is 0 Å². The van der Waals surface area contributed by atoms with E-state index in [1.165, 1.54) is 32.1 Å². The maximum atomic E-state index is 12.3. The van der Waals surface area contributed by atoms with E-state index in [0.717, 1.165) is 0 Å². The highest BCUT2D eigenvalue weighted by molar-refractivity contribution is 5.81. The minimum absolute atomic E-state index is 0.142. The normalized spacial score (nSPS) is 20.6. The van der Waals surface area contributed by atoms with Crippen molar-refractivity contribution in [3.63, 3.8) is 0 Å². The van der Waals surface area contributed by atoms with Crippen LogP contribution in [0.5, 0.6) is 0 Å². The second kappa shape index (κ2) is 5.63. The molecule has 0 spiro atoms. The van der Waals surface area contributed by atoms with Gasteiger partial charge in [0.25, 0.3) is 0 Å². The van der Waals surface area contributed by atoms with Gasteiger partial charge >= 0.3 is 0 Å². The summed E-state index contributed by atoms with van der Waals surface area (Å²) in [5.74, 6) is 0.845. The molecule has 1 fully saturated rings. The lowest BCUT2D eigenvalue weighted by Crippen LogP contribution is -2.52. The molecule has 1 saturated carbocycles. The molecule has 0 radical (unpaired) electrons. The predicted molar refractivity (Wildman–Crippen MR) is 77.4 cm³/mol. The highest BCUT2D eigenvalue weighted by Crippen LogP contribution is 2.35. The van der Waals surface area contributed by atoms with Gasteiger partial charge in [-0.3, -0.25) is 4.79 Å². The van der Waals surface area contributed by atoms with Crippen molar-refractivity contribution >= 4 is 5.91 Å². The summed E-state index contributed by atoms with van der Waals surface area (Å²) in [4.78, 5) is 12.3. The first-order valence-electron chi connectivity index (χ1n) is 7.43. The van der Waals surface area contributed by atoms with Gasteiger partial charge in [-0.05, 0) is 24.2 Å². The topological polar surface area (TPSA) is 29.1 Å². The van der Waals surface area contributed by atoms with E-state index in [1.54, 1.807) is 0 Å². The molecular weight excluding hydrogens is 222 g/mol. The molecule has 2 heteroatoms. The van der Waals surface area contributed by atoms with Crippen LogP contribution in [0.1, 0.15) is 73.6 Å². The van der Waals surface area contributed by atoms with Crippen LogP contribution in [0.25, 0.3) is 0 Å². The third-order valence-corrected chi connectivity index (χ3v) is 4.02. The summed E-state index contributed by atoms with van der Waals surface area (Å²) < 4.78 is 0. The Kier molecular flexibility index (Phi) is 4.85. The number of amides is 1. The van der Waals surface area contributed by atoms with Crippen molar-refractivity contribution < 1.29 is 4.79 Å². The van der Waals surface area contributed by atoms with Crippen LogP contribution >= 0.6 is 0 Å². The van der Waals surface area contributed by atoms with Crippen LogP contribution in [0.4, 0.5) is 0 Å². The molecular formula is C16H31NO.